The highest BCUT2D eigenvalue weighted by Gasteiger charge is 2.28. The summed E-state index contributed by atoms with van der Waals surface area (Å²) in [5.74, 6) is -1.10. The number of hydrogen-bond acceptors (Lipinski definition) is 5. The van der Waals surface area contributed by atoms with Crippen LogP contribution in [-0.4, -0.2) is 37.3 Å². The van der Waals surface area contributed by atoms with Crippen LogP contribution in [0.5, 0.6) is 5.75 Å². The second kappa shape index (κ2) is 5.73. The van der Waals surface area contributed by atoms with E-state index < -0.39 is 11.8 Å². The smallest absolute Gasteiger partial charge is 0.341 e. The molecule has 0 aliphatic carbocycles. The maximum Gasteiger partial charge on any atom is 0.341 e. The third-order valence-electron chi connectivity index (χ3n) is 4.42. The first kappa shape index (κ1) is 15.4. The Bertz CT molecular complexity index is 951. The standard InChI is InChI=1S/C17H15FN4O3/c18-11-6-10(7-12(23)8-11)14-2-1-4-21(14)15-3-5-22-16(20-15)13(9-19-22)17(24)25/h3,5-9,14,23H,1-2,4H2,(H,24,25)/t14-/m1/s1. The van der Waals surface area contributed by atoms with Crippen LogP contribution in [-0.2, 0) is 0 Å². The van der Waals surface area contributed by atoms with Gasteiger partial charge in [0, 0.05) is 18.8 Å². The van der Waals surface area contributed by atoms with Crippen molar-refractivity contribution < 1.29 is 19.4 Å². The average Bonchev–Trinajstić information content (AvgIpc) is 3.20. The molecule has 0 spiro atoms. The predicted octanol–water partition coefficient (Wildman–Crippen LogP) is 2.61. The van der Waals surface area contributed by atoms with E-state index in [0.29, 0.717) is 17.9 Å². The molecule has 8 heteroatoms. The monoisotopic (exact) mass is 342 g/mol. The van der Waals surface area contributed by atoms with Gasteiger partial charge in [-0.25, -0.2) is 18.7 Å². The maximum absolute atomic E-state index is 13.6. The number of aromatic hydroxyl groups is 1. The van der Waals surface area contributed by atoms with Crippen LogP contribution in [0, 0.1) is 5.82 Å². The van der Waals surface area contributed by atoms with Crippen molar-refractivity contribution in [2.45, 2.75) is 18.9 Å². The van der Waals surface area contributed by atoms with Crippen LogP contribution < -0.4 is 4.90 Å². The first-order valence-corrected chi connectivity index (χ1v) is 7.87. The van der Waals surface area contributed by atoms with E-state index in [0.717, 1.165) is 18.9 Å². The number of halogens is 1. The summed E-state index contributed by atoms with van der Waals surface area (Å²) in [6.45, 7) is 0.710. The molecule has 3 aromatic rings. The summed E-state index contributed by atoms with van der Waals surface area (Å²) in [6.07, 6.45) is 4.60. The number of phenolic OH excluding ortho intramolecular Hbond substituents is 1. The quantitative estimate of drug-likeness (QED) is 0.760. The van der Waals surface area contributed by atoms with Crippen molar-refractivity contribution >= 4 is 17.4 Å². The van der Waals surface area contributed by atoms with E-state index in [9.17, 15) is 19.4 Å². The molecule has 1 aliphatic rings. The Morgan fingerprint density at radius 3 is 2.92 bits per heavy atom. The van der Waals surface area contributed by atoms with Gasteiger partial charge in [-0.1, -0.05) is 0 Å². The van der Waals surface area contributed by atoms with Crippen molar-refractivity contribution in [2.75, 3.05) is 11.4 Å². The Balaban J connectivity index is 1.76. The van der Waals surface area contributed by atoms with E-state index in [2.05, 4.69) is 10.1 Å². The maximum atomic E-state index is 13.6. The highest BCUT2D eigenvalue weighted by molar-refractivity contribution is 5.94. The Hall–Kier alpha value is -3.16. The molecular weight excluding hydrogens is 327 g/mol. The molecule has 128 valence electrons. The molecule has 0 saturated carbocycles. The fourth-order valence-corrected chi connectivity index (χ4v) is 3.35. The van der Waals surface area contributed by atoms with E-state index in [1.165, 1.54) is 16.8 Å². The van der Waals surface area contributed by atoms with Gasteiger partial charge in [-0.05, 0) is 36.6 Å². The summed E-state index contributed by atoms with van der Waals surface area (Å²) in [6, 6.07) is 5.64. The van der Waals surface area contributed by atoms with Gasteiger partial charge in [-0.2, -0.15) is 5.10 Å². The van der Waals surface area contributed by atoms with Crippen molar-refractivity contribution in [3.05, 3.63) is 53.6 Å². The largest absolute Gasteiger partial charge is 0.508 e. The molecule has 2 N–H and O–H groups in total. The molecule has 1 saturated heterocycles. The lowest BCUT2D eigenvalue weighted by atomic mass is 10.0. The highest BCUT2D eigenvalue weighted by Crippen LogP contribution is 2.36. The minimum absolute atomic E-state index is 0.0287. The minimum atomic E-state index is -1.09. The number of rotatable bonds is 3. The van der Waals surface area contributed by atoms with Gasteiger partial charge >= 0.3 is 5.97 Å². The molecule has 0 amide bonds. The molecule has 25 heavy (non-hydrogen) atoms. The van der Waals surface area contributed by atoms with E-state index in [1.807, 2.05) is 4.90 Å². The van der Waals surface area contributed by atoms with Crippen LogP contribution in [0.2, 0.25) is 0 Å². The summed E-state index contributed by atoms with van der Waals surface area (Å²) in [4.78, 5) is 17.7. The number of nitrogens with zero attached hydrogens (tertiary/aromatic N) is 4. The normalized spacial score (nSPS) is 17.3. The highest BCUT2D eigenvalue weighted by atomic mass is 19.1. The van der Waals surface area contributed by atoms with E-state index in [-0.39, 0.29) is 23.0 Å². The van der Waals surface area contributed by atoms with Crippen molar-refractivity contribution in [1.82, 2.24) is 14.6 Å². The number of fused-ring (bicyclic) bond motifs is 1. The molecule has 3 heterocycles. The SMILES string of the molecule is O=C(O)c1cnn2ccc(N3CCC[C@@H]3c3cc(O)cc(F)c3)nc12. The fraction of sp³-hybridized carbons (Fsp3) is 0.235. The molecule has 0 unspecified atom stereocenters. The molecule has 1 atom stereocenters. The van der Waals surface area contributed by atoms with Gasteiger partial charge in [0.25, 0.3) is 0 Å². The number of aromatic carboxylic acids is 1. The van der Waals surface area contributed by atoms with Crippen LogP contribution in [0.3, 0.4) is 0 Å². The number of anilines is 1. The number of hydrogen-bond donors (Lipinski definition) is 2. The van der Waals surface area contributed by atoms with E-state index in [4.69, 9.17) is 0 Å². The zero-order valence-electron chi connectivity index (χ0n) is 13.1. The Morgan fingerprint density at radius 1 is 1.32 bits per heavy atom. The van der Waals surface area contributed by atoms with Gasteiger partial charge in [-0.15, -0.1) is 0 Å². The number of carboxylic acid groups (broad SMARTS) is 1. The van der Waals surface area contributed by atoms with Gasteiger partial charge in [0.15, 0.2) is 5.65 Å². The van der Waals surface area contributed by atoms with Gasteiger partial charge < -0.3 is 15.1 Å². The minimum Gasteiger partial charge on any atom is -0.508 e. The van der Waals surface area contributed by atoms with Gasteiger partial charge in [0.05, 0.1) is 12.2 Å². The molecule has 1 fully saturated rings. The number of aromatic nitrogens is 3. The molecule has 0 radical (unpaired) electrons. The topological polar surface area (TPSA) is 91.0 Å². The van der Waals surface area contributed by atoms with Crippen molar-refractivity contribution in [3.8, 4) is 5.75 Å². The van der Waals surface area contributed by atoms with Crippen molar-refractivity contribution in [3.63, 3.8) is 0 Å². The lowest BCUT2D eigenvalue weighted by Crippen LogP contribution is -2.24. The second-order valence-electron chi connectivity index (χ2n) is 6.01. The van der Waals surface area contributed by atoms with E-state index in [1.54, 1.807) is 18.3 Å². The van der Waals surface area contributed by atoms with Gasteiger partial charge in [0.1, 0.15) is 22.9 Å². The fourth-order valence-electron chi connectivity index (χ4n) is 3.35. The Kier molecular flexibility index (Phi) is 3.52. The van der Waals surface area contributed by atoms with Gasteiger partial charge in [0.2, 0.25) is 0 Å². The van der Waals surface area contributed by atoms with Crippen LogP contribution in [0.15, 0.2) is 36.7 Å². The molecule has 2 aromatic heterocycles. The number of benzene rings is 1. The molecule has 4 rings (SSSR count). The van der Waals surface area contributed by atoms with Gasteiger partial charge in [-0.3, -0.25) is 0 Å². The van der Waals surface area contributed by atoms with Crippen LogP contribution in [0.1, 0.15) is 34.8 Å². The lowest BCUT2D eigenvalue weighted by Gasteiger charge is -2.26. The van der Waals surface area contributed by atoms with Crippen LogP contribution in [0.25, 0.3) is 5.65 Å². The first-order valence-electron chi connectivity index (χ1n) is 7.87. The zero-order chi connectivity index (χ0) is 17.6. The van der Waals surface area contributed by atoms with Crippen molar-refractivity contribution in [1.29, 1.82) is 0 Å². The number of phenols is 1. The van der Waals surface area contributed by atoms with E-state index >= 15 is 0 Å². The third-order valence-corrected chi connectivity index (χ3v) is 4.42. The predicted molar refractivity (Wildman–Crippen MR) is 87.3 cm³/mol. The molecule has 0 bridgehead atoms. The zero-order valence-corrected chi connectivity index (χ0v) is 13.1. The summed E-state index contributed by atoms with van der Waals surface area (Å²) >= 11 is 0. The second-order valence-corrected chi connectivity index (χ2v) is 6.01. The summed E-state index contributed by atoms with van der Waals surface area (Å²) < 4.78 is 15.1. The average molecular weight is 342 g/mol. The lowest BCUT2D eigenvalue weighted by molar-refractivity contribution is 0.0698. The summed E-state index contributed by atoms with van der Waals surface area (Å²) in [5, 5.41) is 22.9. The summed E-state index contributed by atoms with van der Waals surface area (Å²) in [7, 11) is 0. The first-order chi connectivity index (χ1) is 12.0. The molecular formula is C17H15FN4O3. The molecule has 1 aromatic carbocycles. The molecule has 1 aliphatic heterocycles. The van der Waals surface area contributed by atoms with Crippen LogP contribution >= 0.6 is 0 Å². The number of carboxylic acids is 1. The van der Waals surface area contributed by atoms with Crippen molar-refractivity contribution in [2.24, 2.45) is 0 Å². The molecule has 7 nitrogen and oxygen atoms in total. The number of carbonyl (C=O) groups is 1. The Morgan fingerprint density at radius 2 is 2.16 bits per heavy atom. The van der Waals surface area contributed by atoms with Crippen LogP contribution in [0.4, 0.5) is 10.2 Å². The summed E-state index contributed by atoms with van der Waals surface area (Å²) in [5.41, 5.74) is 0.961. The third kappa shape index (κ3) is 2.65. The Labute approximate surface area is 142 Å².